The van der Waals surface area contributed by atoms with Gasteiger partial charge in [0.1, 0.15) is 6.61 Å². The number of carboxylic acid groups (broad SMARTS) is 1. The van der Waals surface area contributed by atoms with Gasteiger partial charge in [-0.05, 0) is 23.3 Å². The highest BCUT2D eigenvalue weighted by Gasteiger charge is 2.41. The maximum absolute atomic E-state index is 12.4. The summed E-state index contributed by atoms with van der Waals surface area (Å²) in [7, 11) is 3.91. The largest absolute Gasteiger partial charge is 0.481 e. The maximum atomic E-state index is 12.4. The summed E-state index contributed by atoms with van der Waals surface area (Å²) in [6, 6.07) is 17.2. The molecule has 6 nitrogen and oxygen atoms in total. The molecule has 6 heteroatoms. The van der Waals surface area contributed by atoms with E-state index in [-0.39, 0.29) is 19.1 Å². The molecule has 2 aromatic rings. The number of nitrogens with zero attached hydrogens (tertiary/aromatic N) is 2. The van der Waals surface area contributed by atoms with Crippen LogP contribution in [0, 0.1) is 5.92 Å². The summed E-state index contributed by atoms with van der Waals surface area (Å²) in [5, 5.41) is 9.61. The summed E-state index contributed by atoms with van der Waals surface area (Å²) in [4.78, 5) is 27.6. The van der Waals surface area contributed by atoms with E-state index in [1.54, 1.807) is 0 Å². The first-order valence-corrected chi connectivity index (χ1v) is 8.91. The number of likely N-dealkylation sites (tertiary alicyclic amines) is 1. The van der Waals surface area contributed by atoms with Gasteiger partial charge in [0.2, 0.25) is 0 Å². The van der Waals surface area contributed by atoms with Crippen LogP contribution in [0.25, 0.3) is 0 Å². The number of carbonyl (C=O) groups is 2. The Morgan fingerprint density at radius 3 is 2.33 bits per heavy atom. The van der Waals surface area contributed by atoms with E-state index in [1.165, 1.54) is 4.90 Å². The molecule has 1 heterocycles. The Kier molecular flexibility index (Phi) is 5.64. The number of anilines is 1. The van der Waals surface area contributed by atoms with Gasteiger partial charge >= 0.3 is 12.1 Å². The highest BCUT2D eigenvalue weighted by molar-refractivity contribution is 5.75. The van der Waals surface area contributed by atoms with Crippen LogP contribution >= 0.6 is 0 Å². The van der Waals surface area contributed by atoms with Gasteiger partial charge in [0.15, 0.2) is 0 Å². The van der Waals surface area contributed by atoms with Gasteiger partial charge in [0.25, 0.3) is 0 Å². The molecule has 3 rings (SSSR count). The van der Waals surface area contributed by atoms with E-state index in [0.29, 0.717) is 6.54 Å². The number of aliphatic carboxylic acids is 1. The Balaban J connectivity index is 1.68. The number of carboxylic acids is 1. The first-order valence-electron chi connectivity index (χ1n) is 8.91. The highest BCUT2D eigenvalue weighted by Crippen LogP contribution is 2.34. The molecular formula is C21H24N2O4. The molecule has 0 spiro atoms. The van der Waals surface area contributed by atoms with Gasteiger partial charge in [0, 0.05) is 38.8 Å². The normalized spacial score (nSPS) is 19.0. The lowest BCUT2D eigenvalue weighted by atomic mass is 9.89. The third kappa shape index (κ3) is 4.39. The Labute approximate surface area is 159 Å². The second-order valence-corrected chi connectivity index (χ2v) is 6.98. The molecule has 1 fully saturated rings. The van der Waals surface area contributed by atoms with Crippen molar-refractivity contribution < 1.29 is 19.4 Å². The smallest absolute Gasteiger partial charge is 0.410 e. The Morgan fingerprint density at radius 2 is 1.74 bits per heavy atom. The summed E-state index contributed by atoms with van der Waals surface area (Å²) in [5.41, 5.74) is 2.87. The van der Waals surface area contributed by atoms with E-state index in [4.69, 9.17) is 4.74 Å². The molecule has 0 aliphatic carbocycles. The van der Waals surface area contributed by atoms with Crippen molar-refractivity contribution in [2.24, 2.45) is 5.92 Å². The van der Waals surface area contributed by atoms with Crippen LogP contribution in [-0.2, 0) is 16.1 Å². The average Bonchev–Trinajstić information content (AvgIpc) is 3.13. The van der Waals surface area contributed by atoms with E-state index >= 15 is 0 Å². The second kappa shape index (κ2) is 8.12. The van der Waals surface area contributed by atoms with Crippen molar-refractivity contribution in [1.82, 2.24) is 4.90 Å². The van der Waals surface area contributed by atoms with Crippen LogP contribution in [0.2, 0.25) is 0 Å². The molecule has 1 aliphatic rings. The lowest BCUT2D eigenvalue weighted by Crippen LogP contribution is -2.30. The first kappa shape index (κ1) is 18.8. The second-order valence-electron chi connectivity index (χ2n) is 6.98. The van der Waals surface area contributed by atoms with E-state index < -0.39 is 18.0 Å². The van der Waals surface area contributed by atoms with Crippen molar-refractivity contribution in [3.63, 3.8) is 0 Å². The van der Waals surface area contributed by atoms with Crippen LogP contribution in [0.5, 0.6) is 0 Å². The van der Waals surface area contributed by atoms with Gasteiger partial charge in [-0.1, -0.05) is 42.5 Å². The zero-order chi connectivity index (χ0) is 19.4. The van der Waals surface area contributed by atoms with Gasteiger partial charge in [-0.25, -0.2) is 4.79 Å². The van der Waals surface area contributed by atoms with Crippen LogP contribution in [0.1, 0.15) is 17.0 Å². The summed E-state index contributed by atoms with van der Waals surface area (Å²) < 4.78 is 5.36. The number of ether oxygens (including phenoxy) is 1. The predicted octanol–water partition coefficient (Wildman–Crippen LogP) is 3.19. The minimum atomic E-state index is -0.893. The molecule has 2 aromatic carbocycles. The van der Waals surface area contributed by atoms with Crippen molar-refractivity contribution in [2.45, 2.75) is 12.5 Å². The van der Waals surface area contributed by atoms with Crippen molar-refractivity contribution in [3.8, 4) is 0 Å². The lowest BCUT2D eigenvalue weighted by Gasteiger charge is -2.18. The fourth-order valence-corrected chi connectivity index (χ4v) is 3.37. The maximum Gasteiger partial charge on any atom is 0.410 e. The fourth-order valence-electron chi connectivity index (χ4n) is 3.37. The van der Waals surface area contributed by atoms with E-state index in [9.17, 15) is 14.7 Å². The van der Waals surface area contributed by atoms with Gasteiger partial charge in [-0.2, -0.15) is 0 Å². The fraction of sp³-hybridized carbons (Fsp3) is 0.333. The molecule has 0 saturated carbocycles. The van der Waals surface area contributed by atoms with Gasteiger partial charge in [-0.15, -0.1) is 0 Å². The van der Waals surface area contributed by atoms with Crippen molar-refractivity contribution in [1.29, 1.82) is 0 Å². The lowest BCUT2D eigenvalue weighted by molar-refractivity contribution is -0.141. The molecule has 27 heavy (non-hydrogen) atoms. The SMILES string of the molecule is CN(C)c1ccc(C2CN(C(=O)OCc3ccccc3)CC2C(=O)O)cc1. The zero-order valence-corrected chi connectivity index (χ0v) is 15.5. The summed E-state index contributed by atoms with van der Waals surface area (Å²) in [6.45, 7) is 0.672. The molecule has 0 aromatic heterocycles. The standard InChI is InChI=1S/C21H24N2O4/c1-22(2)17-10-8-16(9-11-17)18-12-23(13-19(18)20(24)25)21(26)27-14-15-6-4-3-5-7-15/h3-11,18-19H,12-14H2,1-2H3,(H,24,25). The third-order valence-corrected chi connectivity index (χ3v) is 4.94. The van der Waals surface area contributed by atoms with E-state index in [1.807, 2.05) is 73.6 Å². The molecule has 1 saturated heterocycles. The van der Waals surface area contributed by atoms with Crippen molar-refractivity contribution in [2.75, 3.05) is 32.1 Å². The molecule has 2 atom stereocenters. The summed E-state index contributed by atoms with van der Waals surface area (Å²) in [6.07, 6.45) is -0.475. The minimum Gasteiger partial charge on any atom is -0.481 e. The number of benzene rings is 2. The van der Waals surface area contributed by atoms with Crippen molar-refractivity contribution in [3.05, 3.63) is 65.7 Å². The Bertz CT molecular complexity index is 790. The molecule has 0 bridgehead atoms. The number of rotatable bonds is 5. The van der Waals surface area contributed by atoms with Gasteiger partial charge in [0.05, 0.1) is 5.92 Å². The Morgan fingerprint density at radius 1 is 1.07 bits per heavy atom. The molecule has 2 unspecified atom stereocenters. The van der Waals surface area contributed by atoms with Gasteiger partial charge in [-0.3, -0.25) is 4.79 Å². The first-order chi connectivity index (χ1) is 13.0. The highest BCUT2D eigenvalue weighted by atomic mass is 16.6. The molecule has 1 aliphatic heterocycles. The van der Waals surface area contributed by atoms with Gasteiger partial charge < -0.3 is 19.6 Å². The molecule has 0 radical (unpaired) electrons. The van der Waals surface area contributed by atoms with Crippen LogP contribution < -0.4 is 4.90 Å². The Hall–Kier alpha value is -3.02. The van der Waals surface area contributed by atoms with Crippen molar-refractivity contribution >= 4 is 17.7 Å². The zero-order valence-electron chi connectivity index (χ0n) is 15.5. The number of hydrogen-bond acceptors (Lipinski definition) is 4. The number of amides is 1. The van der Waals surface area contributed by atoms with Crippen LogP contribution in [0.4, 0.5) is 10.5 Å². The molecular weight excluding hydrogens is 344 g/mol. The summed E-state index contributed by atoms with van der Waals surface area (Å²) >= 11 is 0. The van der Waals surface area contributed by atoms with E-state index in [2.05, 4.69) is 0 Å². The summed E-state index contributed by atoms with van der Waals surface area (Å²) in [5.74, 6) is -1.78. The third-order valence-electron chi connectivity index (χ3n) is 4.94. The van der Waals surface area contributed by atoms with Crippen LogP contribution in [0.15, 0.2) is 54.6 Å². The molecule has 142 valence electrons. The monoisotopic (exact) mass is 368 g/mol. The molecule has 1 amide bonds. The molecule has 1 N–H and O–H groups in total. The van der Waals surface area contributed by atoms with Crippen LogP contribution in [0.3, 0.4) is 0 Å². The topological polar surface area (TPSA) is 70.1 Å². The van der Waals surface area contributed by atoms with Crippen LogP contribution in [-0.4, -0.2) is 49.3 Å². The average molecular weight is 368 g/mol. The number of hydrogen-bond donors (Lipinski definition) is 1. The minimum absolute atomic E-state index is 0.156. The number of carbonyl (C=O) groups excluding carboxylic acids is 1. The van der Waals surface area contributed by atoms with E-state index in [0.717, 1.165) is 16.8 Å². The predicted molar refractivity (Wildman–Crippen MR) is 103 cm³/mol. The quantitative estimate of drug-likeness (QED) is 0.878.